The molecule has 2 aliphatic heterocycles. The summed E-state index contributed by atoms with van der Waals surface area (Å²) in [6.45, 7) is 6.21. The summed E-state index contributed by atoms with van der Waals surface area (Å²) in [6.07, 6.45) is 7.65. The molecule has 1 aliphatic carbocycles. The second-order valence-electron chi connectivity index (χ2n) is 6.52. The Labute approximate surface area is 120 Å². The Hall–Kier alpha value is -1.07. The molecule has 0 bridgehead atoms. The number of rotatable bonds is 4. The lowest BCUT2D eigenvalue weighted by molar-refractivity contribution is -0.0549. The van der Waals surface area contributed by atoms with Crippen LogP contribution >= 0.6 is 0 Å². The minimum atomic E-state index is 0.303. The van der Waals surface area contributed by atoms with E-state index in [0.717, 1.165) is 31.3 Å². The van der Waals surface area contributed by atoms with Gasteiger partial charge in [-0.3, -0.25) is 4.90 Å². The van der Waals surface area contributed by atoms with E-state index >= 15 is 0 Å². The number of aromatic nitrogens is 2. The maximum Gasteiger partial charge on any atom is 0.203 e. The van der Waals surface area contributed by atoms with Crippen molar-refractivity contribution in [2.45, 2.75) is 57.3 Å². The lowest BCUT2D eigenvalue weighted by Gasteiger charge is -2.35. The van der Waals surface area contributed by atoms with Crippen LogP contribution in [0, 0.1) is 6.92 Å². The summed E-state index contributed by atoms with van der Waals surface area (Å²) in [5, 5.41) is 3.52. The number of nitrogens with zero attached hydrogens (tertiary/aromatic N) is 3. The summed E-state index contributed by atoms with van der Waals surface area (Å²) in [6, 6.07) is 1.32. The molecule has 1 saturated carbocycles. The molecule has 110 valence electrons. The summed E-state index contributed by atoms with van der Waals surface area (Å²) in [7, 11) is 0. The van der Waals surface area contributed by atoms with Gasteiger partial charge in [0.25, 0.3) is 0 Å². The third-order valence-corrected chi connectivity index (χ3v) is 4.67. The normalized spacial score (nSPS) is 30.4. The van der Waals surface area contributed by atoms with E-state index in [-0.39, 0.29) is 0 Å². The van der Waals surface area contributed by atoms with Crippen LogP contribution in [-0.4, -0.2) is 52.3 Å². The summed E-state index contributed by atoms with van der Waals surface area (Å²) in [5.74, 6) is 1.03. The Morgan fingerprint density at radius 1 is 1.40 bits per heavy atom. The molecule has 2 saturated heterocycles. The highest BCUT2D eigenvalue weighted by atomic mass is 16.5. The van der Waals surface area contributed by atoms with Crippen molar-refractivity contribution in [3.05, 3.63) is 11.9 Å². The van der Waals surface area contributed by atoms with Crippen LogP contribution in [0.2, 0.25) is 0 Å². The molecule has 0 amide bonds. The van der Waals surface area contributed by atoms with Crippen molar-refractivity contribution < 1.29 is 4.74 Å². The van der Waals surface area contributed by atoms with Gasteiger partial charge in [0, 0.05) is 24.8 Å². The third-order valence-electron chi connectivity index (χ3n) is 4.67. The number of ether oxygens (including phenoxy) is 1. The molecule has 5 nitrogen and oxygen atoms in total. The van der Waals surface area contributed by atoms with Gasteiger partial charge in [-0.05, 0) is 39.2 Å². The first kappa shape index (κ1) is 12.7. The molecule has 5 heteroatoms. The average molecular weight is 276 g/mol. The van der Waals surface area contributed by atoms with Crippen molar-refractivity contribution in [2.75, 3.05) is 25.0 Å². The molecular formula is C15H24N4O. The maximum absolute atomic E-state index is 6.06. The summed E-state index contributed by atoms with van der Waals surface area (Å²) < 4.78 is 8.31. The molecule has 3 fully saturated rings. The van der Waals surface area contributed by atoms with E-state index in [2.05, 4.69) is 32.9 Å². The van der Waals surface area contributed by atoms with Gasteiger partial charge in [-0.2, -0.15) is 0 Å². The summed E-state index contributed by atoms with van der Waals surface area (Å²) in [4.78, 5) is 7.21. The SMILES string of the molecule is Cc1cn(CC2CN3CCCC3CO2)c(NC2CC2)n1. The van der Waals surface area contributed by atoms with E-state index in [1.54, 1.807) is 0 Å². The van der Waals surface area contributed by atoms with E-state index in [9.17, 15) is 0 Å². The van der Waals surface area contributed by atoms with Crippen LogP contribution in [0.15, 0.2) is 6.20 Å². The zero-order valence-corrected chi connectivity index (χ0v) is 12.2. The molecule has 3 heterocycles. The van der Waals surface area contributed by atoms with Crippen molar-refractivity contribution in [1.29, 1.82) is 0 Å². The smallest absolute Gasteiger partial charge is 0.203 e. The minimum absolute atomic E-state index is 0.303. The fraction of sp³-hybridized carbons (Fsp3) is 0.800. The predicted molar refractivity (Wildman–Crippen MR) is 77.9 cm³/mol. The van der Waals surface area contributed by atoms with E-state index in [4.69, 9.17) is 4.74 Å². The van der Waals surface area contributed by atoms with Crippen LogP contribution in [0.4, 0.5) is 5.95 Å². The van der Waals surface area contributed by atoms with Gasteiger partial charge in [-0.1, -0.05) is 0 Å². The highest BCUT2D eigenvalue weighted by Crippen LogP contribution is 2.26. The first-order valence-electron chi connectivity index (χ1n) is 7.94. The number of morpholine rings is 1. The Balaban J connectivity index is 1.42. The number of fused-ring (bicyclic) bond motifs is 1. The Morgan fingerprint density at radius 3 is 3.15 bits per heavy atom. The molecule has 1 aromatic heterocycles. The van der Waals surface area contributed by atoms with Crippen molar-refractivity contribution in [2.24, 2.45) is 0 Å². The quantitative estimate of drug-likeness (QED) is 0.907. The number of aryl methyl sites for hydroxylation is 1. The molecule has 0 aromatic carbocycles. The Morgan fingerprint density at radius 2 is 2.30 bits per heavy atom. The fourth-order valence-electron chi connectivity index (χ4n) is 3.43. The second kappa shape index (κ2) is 5.04. The number of imidazole rings is 1. The molecular weight excluding hydrogens is 252 g/mol. The summed E-state index contributed by atoms with van der Waals surface area (Å²) >= 11 is 0. The predicted octanol–water partition coefficient (Wildman–Crippen LogP) is 1.63. The van der Waals surface area contributed by atoms with E-state index in [0.29, 0.717) is 18.2 Å². The highest BCUT2D eigenvalue weighted by molar-refractivity contribution is 5.32. The monoisotopic (exact) mass is 276 g/mol. The first-order valence-corrected chi connectivity index (χ1v) is 7.94. The van der Waals surface area contributed by atoms with Gasteiger partial charge in [-0.25, -0.2) is 4.98 Å². The minimum Gasteiger partial charge on any atom is -0.373 e. The number of hydrogen-bond acceptors (Lipinski definition) is 4. The first-order chi connectivity index (χ1) is 9.78. The zero-order valence-electron chi connectivity index (χ0n) is 12.2. The molecule has 1 N–H and O–H groups in total. The van der Waals surface area contributed by atoms with Crippen molar-refractivity contribution in [3.63, 3.8) is 0 Å². The second-order valence-corrected chi connectivity index (χ2v) is 6.52. The van der Waals surface area contributed by atoms with Crippen molar-refractivity contribution >= 4 is 5.95 Å². The van der Waals surface area contributed by atoms with E-state index < -0.39 is 0 Å². The van der Waals surface area contributed by atoms with E-state index in [1.165, 1.54) is 32.2 Å². The topological polar surface area (TPSA) is 42.3 Å². The standard InChI is InChI=1S/C15H24N4O/c1-11-7-19(15(16-11)17-12-4-5-12)9-14-8-18-6-2-3-13(18)10-20-14/h7,12-14H,2-6,8-10H2,1H3,(H,16,17). The van der Waals surface area contributed by atoms with Crippen LogP contribution in [0.25, 0.3) is 0 Å². The molecule has 3 aliphatic rings. The van der Waals surface area contributed by atoms with Crippen LogP contribution < -0.4 is 5.32 Å². The van der Waals surface area contributed by atoms with Gasteiger partial charge in [0.1, 0.15) is 0 Å². The average Bonchev–Trinajstić information content (AvgIpc) is 3.00. The van der Waals surface area contributed by atoms with Gasteiger partial charge >= 0.3 is 0 Å². The van der Waals surface area contributed by atoms with Gasteiger partial charge in [0.05, 0.1) is 24.9 Å². The maximum atomic E-state index is 6.06. The van der Waals surface area contributed by atoms with Crippen molar-refractivity contribution in [3.8, 4) is 0 Å². The molecule has 0 spiro atoms. The molecule has 4 rings (SSSR count). The summed E-state index contributed by atoms with van der Waals surface area (Å²) in [5.41, 5.74) is 1.09. The third kappa shape index (κ3) is 2.56. The number of hydrogen-bond donors (Lipinski definition) is 1. The lowest BCUT2D eigenvalue weighted by atomic mass is 10.2. The Bertz CT molecular complexity index is 482. The molecule has 2 atom stereocenters. The van der Waals surface area contributed by atoms with Crippen LogP contribution in [0.1, 0.15) is 31.4 Å². The van der Waals surface area contributed by atoms with Gasteiger partial charge in [0.15, 0.2) is 0 Å². The molecule has 0 radical (unpaired) electrons. The highest BCUT2D eigenvalue weighted by Gasteiger charge is 2.32. The molecule has 20 heavy (non-hydrogen) atoms. The van der Waals surface area contributed by atoms with Crippen LogP contribution in [-0.2, 0) is 11.3 Å². The number of nitrogens with one attached hydrogen (secondary N) is 1. The van der Waals surface area contributed by atoms with Crippen LogP contribution in [0.5, 0.6) is 0 Å². The fourth-order valence-corrected chi connectivity index (χ4v) is 3.43. The molecule has 1 aromatic rings. The van der Waals surface area contributed by atoms with Crippen LogP contribution in [0.3, 0.4) is 0 Å². The van der Waals surface area contributed by atoms with Gasteiger partial charge in [0.2, 0.25) is 5.95 Å². The van der Waals surface area contributed by atoms with Crippen molar-refractivity contribution in [1.82, 2.24) is 14.5 Å². The Kier molecular flexibility index (Phi) is 3.19. The molecule has 2 unspecified atom stereocenters. The van der Waals surface area contributed by atoms with Gasteiger partial charge in [-0.15, -0.1) is 0 Å². The lowest BCUT2D eigenvalue weighted by Crippen LogP contribution is -2.47. The van der Waals surface area contributed by atoms with E-state index in [1.807, 2.05) is 0 Å². The number of anilines is 1. The largest absolute Gasteiger partial charge is 0.373 e. The zero-order chi connectivity index (χ0) is 13.5. The van der Waals surface area contributed by atoms with Gasteiger partial charge < -0.3 is 14.6 Å².